The van der Waals surface area contributed by atoms with Crippen LogP contribution in [0.25, 0.3) is 11.3 Å². The summed E-state index contributed by atoms with van der Waals surface area (Å²) >= 11 is 0. The number of hydrogen-bond acceptors (Lipinski definition) is 6. The average molecular weight is 539 g/mol. The lowest BCUT2D eigenvalue weighted by molar-refractivity contribution is -0.847. The van der Waals surface area contributed by atoms with Crippen LogP contribution in [0.1, 0.15) is 40.0 Å². The zero-order valence-corrected chi connectivity index (χ0v) is 21.9. The molecule has 6 rings (SSSR count). The molecule has 0 aliphatic carbocycles. The predicted octanol–water partition coefficient (Wildman–Crippen LogP) is 4.33. The van der Waals surface area contributed by atoms with Gasteiger partial charge in [0.25, 0.3) is 5.56 Å². The van der Waals surface area contributed by atoms with Gasteiger partial charge in [0.1, 0.15) is 12.4 Å². The van der Waals surface area contributed by atoms with Crippen molar-refractivity contribution in [3.63, 3.8) is 0 Å². The van der Waals surface area contributed by atoms with Gasteiger partial charge in [0.15, 0.2) is 0 Å². The molecule has 0 bridgehead atoms. The SMILES string of the molecule is O=C(C[N+]1(C(=O)c2cccc(F)c2)CCC2(CCn3c(nc(-c4ccncc4)cc3=O)N2)CC1)c1ccccc1. The Morgan fingerprint density at radius 3 is 2.38 bits per heavy atom. The van der Waals surface area contributed by atoms with Crippen molar-refractivity contribution in [2.45, 2.75) is 31.3 Å². The third-order valence-electron chi connectivity index (χ3n) is 8.26. The lowest BCUT2D eigenvalue weighted by atomic mass is 9.81. The van der Waals surface area contributed by atoms with E-state index in [1.807, 2.05) is 18.2 Å². The second-order valence-electron chi connectivity index (χ2n) is 10.7. The summed E-state index contributed by atoms with van der Waals surface area (Å²) in [5.41, 5.74) is 1.67. The number of nitrogens with one attached hydrogen (secondary N) is 1. The van der Waals surface area contributed by atoms with E-state index >= 15 is 0 Å². The van der Waals surface area contributed by atoms with Crippen LogP contribution in [0.15, 0.2) is 90.0 Å². The number of ketones is 1. The Labute approximate surface area is 230 Å². The number of anilines is 1. The molecule has 1 fully saturated rings. The summed E-state index contributed by atoms with van der Waals surface area (Å²) in [6, 6.07) is 19.8. The minimum atomic E-state index is -0.487. The van der Waals surface area contributed by atoms with E-state index in [0.717, 1.165) is 5.56 Å². The molecule has 2 aliphatic rings. The monoisotopic (exact) mass is 538 g/mol. The molecule has 8 nitrogen and oxygen atoms in total. The van der Waals surface area contributed by atoms with Crippen LogP contribution >= 0.6 is 0 Å². The van der Waals surface area contributed by atoms with E-state index in [-0.39, 0.29) is 39.4 Å². The standard InChI is InChI=1S/C31H28FN5O3/c32-25-8-4-7-24(19-25)29(40)37(21-27(38)23-5-2-1-3-6-23)17-12-31(13-18-37)11-16-36-28(39)20-26(34-30(36)35-31)22-9-14-33-15-10-22/h1-10,14-15,19-20H,11-13,16-18,21H2/p+1. The van der Waals surface area contributed by atoms with E-state index in [1.165, 1.54) is 24.3 Å². The number of aromatic nitrogens is 3. The van der Waals surface area contributed by atoms with Gasteiger partial charge in [-0.2, -0.15) is 0 Å². The molecule has 1 amide bonds. The lowest BCUT2D eigenvalue weighted by Gasteiger charge is -2.48. The fraction of sp³-hybridized carbons (Fsp3) is 0.258. The molecule has 2 aliphatic heterocycles. The molecule has 1 spiro atoms. The van der Waals surface area contributed by atoms with Gasteiger partial charge in [0.05, 0.1) is 29.9 Å². The topological polar surface area (TPSA) is 93.9 Å². The maximum Gasteiger partial charge on any atom is 0.346 e. The predicted molar refractivity (Wildman–Crippen MR) is 148 cm³/mol. The molecule has 9 heteroatoms. The number of fused-ring (bicyclic) bond motifs is 1. The van der Waals surface area contributed by atoms with Gasteiger partial charge in [-0.15, -0.1) is 0 Å². The molecule has 1 saturated heterocycles. The second kappa shape index (κ2) is 10.2. The number of halogens is 1. The largest absolute Gasteiger partial charge is 0.350 e. The van der Waals surface area contributed by atoms with Crippen LogP contribution in [-0.4, -0.2) is 55.9 Å². The number of Topliss-reactive ketones (excluding diaryl/α,β-unsaturated/α-hetero) is 1. The Morgan fingerprint density at radius 1 is 0.925 bits per heavy atom. The maximum atomic E-state index is 14.1. The number of nitrogens with zero attached hydrogens (tertiary/aromatic N) is 4. The summed E-state index contributed by atoms with van der Waals surface area (Å²) in [6.45, 7) is 1.30. The molecule has 40 heavy (non-hydrogen) atoms. The van der Waals surface area contributed by atoms with Crippen LogP contribution < -0.4 is 10.9 Å². The van der Waals surface area contributed by atoms with E-state index in [9.17, 15) is 18.8 Å². The molecule has 0 unspecified atom stereocenters. The molecule has 1 N–H and O–H groups in total. The van der Waals surface area contributed by atoms with Crippen LogP contribution in [0.5, 0.6) is 0 Å². The zero-order chi connectivity index (χ0) is 27.7. The molecule has 2 aromatic carbocycles. The van der Waals surface area contributed by atoms with Crippen LogP contribution in [0.2, 0.25) is 0 Å². The average Bonchev–Trinajstić information content (AvgIpc) is 2.99. The molecule has 4 heterocycles. The third-order valence-corrected chi connectivity index (χ3v) is 8.26. The van der Waals surface area contributed by atoms with Crippen molar-refractivity contribution < 1.29 is 18.5 Å². The summed E-state index contributed by atoms with van der Waals surface area (Å²) in [6.07, 6.45) is 5.19. The highest BCUT2D eigenvalue weighted by atomic mass is 19.1. The van der Waals surface area contributed by atoms with E-state index in [1.54, 1.807) is 47.3 Å². The summed E-state index contributed by atoms with van der Waals surface area (Å²) in [5.74, 6) is -0.371. The van der Waals surface area contributed by atoms with Crippen molar-refractivity contribution in [1.82, 2.24) is 14.5 Å². The van der Waals surface area contributed by atoms with E-state index < -0.39 is 5.82 Å². The molecular weight excluding hydrogens is 509 g/mol. The van der Waals surface area contributed by atoms with Gasteiger partial charge >= 0.3 is 5.91 Å². The first kappa shape index (κ1) is 25.8. The highest BCUT2D eigenvalue weighted by molar-refractivity contribution is 5.99. The van der Waals surface area contributed by atoms with Gasteiger partial charge in [-0.25, -0.2) is 18.7 Å². The number of quaternary nitrogens is 1. The first-order chi connectivity index (χ1) is 19.4. The number of carbonyl (C=O) groups is 2. The maximum absolute atomic E-state index is 14.1. The number of amides is 1. The number of pyridine rings is 1. The lowest BCUT2D eigenvalue weighted by Crippen LogP contribution is -2.64. The first-order valence-electron chi connectivity index (χ1n) is 13.4. The molecule has 202 valence electrons. The Kier molecular flexibility index (Phi) is 6.59. The van der Waals surface area contributed by atoms with Gasteiger partial charge in [0, 0.05) is 49.0 Å². The van der Waals surface area contributed by atoms with Gasteiger partial charge in [0.2, 0.25) is 11.7 Å². The van der Waals surface area contributed by atoms with Gasteiger partial charge in [-0.3, -0.25) is 19.1 Å². The van der Waals surface area contributed by atoms with E-state index in [4.69, 9.17) is 4.98 Å². The number of piperidine rings is 1. The number of hydrogen-bond donors (Lipinski definition) is 1. The molecular formula is C31H29FN5O3+. The molecule has 2 aromatic heterocycles. The Balaban J connectivity index is 1.29. The van der Waals surface area contributed by atoms with Crippen molar-refractivity contribution in [3.05, 3.63) is 112 Å². The number of carbonyl (C=O) groups excluding carboxylic acids is 2. The first-order valence-corrected chi connectivity index (χ1v) is 13.4. The van der Waals surface area contributed by atoms with Crippen molar-refractivity contribution in [2.24, 2.45) is 0 Å². The van der Waals surface area contributed by atoms with Crippen LogP contribution in [0.3, 0.4) is 0 Å². The fourth-order valence-electron chi connectivity index (χ4n) is 5.90. The number of rotatable bonds is 5. The van der Waals surface area contributed by atoms with Crippen molar-refractivity contribution >= 4 is 17.6 Å². The van der Waals surface area contributed by atoms with E-state index in [0.29, 0.717) is 56.1 Å². The van der Waals surface area contributed by atoms with Crippen LogP contribution in [0, 0.1) is 5.82 Å². The van der Waals surface area contributed by atoms with Crippen molar-refractivity contribution in [2.75, 3.05) is 25.0 Å². The van der Waals surface area contributed by atoms with E-state index in [2.05, 4.69) is 10.3 Å². The summed E-state index contributed by atoms with van der Waals surface area (Å²) in [4.78, 5) is 49.0. The van der Waals surface area contributed by atoms with Crippen molar-refractivity contribution in [3.8, 4) is 11.3 Å². The highest BCUT2D eigenvalue weighted by Gasteiger charge is 2.49. The Hall–Kier alpha value is -4.50. The minimum absolute atomic E-state index is 0.00404. The molecule has 0 saturated carbocycles. The summed E-state index contributed by atoms with van der Waals surface area (Å²) < 4.78 is 15.6. The smallest absolute Gasteiger partial charge is 0.346 e. The normalized spacial score (nSPS) is 21.8. The second-order valence-corrected chi connectivity index (χ2v) is 10.7. The zero-order valence-electron chi connectivity index (χ0n) is 21.9. The Morgan fingerprint density at radius 2 is 1.65 bits per heavy atom. The molecule has 0 atom stereocenters. The number of benzene rings is 2. The highest BCUT2D eigenvalue weighted by Crippen LogP contribution is 2.37. The van der Waals surface area contributed by atoms with Gasteiger partial charge < -0.3 is 5.32 Å². The van der Waals surface area contributed by atoms with Crippen molar-refractivity contribution in [1.29, 1.82) is 0 Å². The fourth-order valence-corrected chi connectivity index (χ4v) is 5.90. The minimum Gasteiger partial charge on any atom is -0.350 e. The number of likely N-dealkylation sites (tertiary alicyclic amines) is 1. The van der Waals surface area contributed by atoms with Crippen LogP contribution in [-0.2, 0) is 6.54 Å². The Bertz CT molecular complexity index is 1630. The quantitative estimate of drug-likeness (QED) is 0.300. The molecule has 0 radical (unpaired) electrons. The van der Waals surface area contributed by atoms with Gasteiger partial charge in [-0.1, -0.05) is 36.4 Å². The summed E-state index contributed by atoms with van der Waals surface area (Å²) in [7, 11) is 0. The van der Waals surface area contributed by atoms with Gasteiger partial charge in [-0.05, 0) is 36.8 Å². The third kappa shape index (κ3) is 4.84. The van der Waals surface area contributed by atoms with Crippen LogP contribution in [0.4, 0.5) is 10.3 Å². The summed E-state index contributed by atoms with van der Waals surface area (Å²) in [5, 5.41) is 3.54. The molecule has 4 aromatic rings.